The molecule has 0 unspecified atom stereocenters. The third-order valence-electron chi connectivity index (χ3n) is 3.30. The summed E-state index contributed by atoms with van der Waals surface area (Å²) in [6.07, 6.45) is 0. The van der Waals surface area contributed by atoms with Crippen molar-refractivity contribution >= 4 is 27.6 Å². The van der Waals surface area contributed by atoms with Crippen molar-refractivity contribution in [2.45, 2.75) is 13.5 Å². The molecule has 7 nitrogen and oxygen atoms in total. The topological polar surface area (TPSA) is 76.8 Å². The summed E-state index contributed by atoms with van der Waals surface area (Å²) in [4.78, 5) is 13.8. The fourth-order valence-corrected chi connectivity index (χ4v) is 2.60. The standard InChI is InChI=1S/C15H16BrN3O4/c1-9-5-10(18-23-9)8-19(2)15(20)17-12-7-14-13(6-11(12)16)21-3-4-22-14/h5-7H,3-4,8H2,1-2H3,(H,17,20). The molecule has 0 saturated carbocycles. The molecule has 2 aromatic rings. The number of rotatable bonds is 3. The van der Waals surface area contributed by atoms with Crippen molar-refractivity contribution < 1.29 is 18.8 Å². The van der Waals surface area contributed by atoms with Crippen LogP contribution in [0, 0.1) is 6.92 Å². The number of nitrogens with zero attached hydrogens (tertiary/aromatic N) is 2. The van der Waals surface area contributed by atoms with Crippen molar-refractivity contribution in [2.75, 3.05) is 25.6 Å². The Balaban J connectivity index is 1.69. The van der Waals surface area contributed by atoms with Crippen molar-refractivity contribution in [3.63, 3.8) is 0 Å². The second kappa shape index (κ2) is 6.49. The monoisotopic (exact) mass is 381 g/mol. The Morgan fingerprint density at radius 2 is 2.00 bits per heavy atom. The Labute approximate surface area is 141 Å². The summed E-state index contributed by atoms with van der Waals surface area (Å²) < 4.78 is 16.7. The first kappa shape index (κ1) is 15.7. The molecule has 23 heavy (non-hydrogen) atoms. The summed E-state index contributed by atoms with van der Waals surface area (Å²) in [5.41, 5.74) is 1.31. The fraction of sp³-hybridized carbons (Fsp3) is 0.333. The van der Waals surface area contributed by atoms with Gasteiger partial charge in [-0.05, 0) is 22.9 Å². The Bertz CT molecular complexity index is 732. The normalized spacial score (nSPS) is 12.8. The summed E-state index contributed by atoms with van der Waals surface area (Å²) >= 11 is 3.43. The largest absolute Gasteiger partial charge is 0.486 e. The van der Waals surface area contributed by atoms with E-state index in [1.807, 2.05) is 6.92 Å². The highest BCUT2D eigenvalue weighted by Gasteiger charge is 2.18. The molecule has 0 saturated heterocycles. The molecule has 2 heterocycles. The highest BCUT2D eigenvalue weighted by atomic mass is 79.9. The first-order valence-electron chi connectivity index (χ1n) is 7.06. The predicted octanol–water partition coefficient (Wildman–Crippen LogP) is 3.18. The van der Waals surface area contributed by atoms with Gasteiger partial charge in [-0.3, -0.25) is 0 Å². The number of nitrogens with one attached hydrogen (secondary N) is 1. The maximum atomic E-state index is 12.3. The van der Waals surface area contributed by atoms with Crippen molar-refractivity contribution in [3.05, 3.63) is 34.1 Å². The van der Waals surface area contributed by atoms with Crippen LogP contribution in [0.3, 0.4) is 0 Å². The van der Waals surface area contributed by atoms with Gasteiger partial charge in [0.2, 0.25) is 0 Å². The average molecular weight is 382 g/mol. The lowest BCUT2D eigenvalue weighted by molar-refractivity contribution is 0.171. The number of urea groups is 1. The second-order valence-electron chi connectivity index (χ2n) is 5.19. The van der Waals surface area contributed by atoms with Gasteiger partial charge in [0.25, 0.3) is 0 Å². The van der Waals surface area contributed by atoms with Crippen LogP contribution in [-0.2, 0) is 6.54 Å². The van der Waals surface area contributed by atoms with Crippen molar-refractivity contribution in [1.29, 1.82) is 0 Å². The zero-order valence-corrected chi connectivity index (χ0v) is 14.3. The zero-order valence-electron chi connectivity index (χ0n) is 12.8. The van der Waals surface area contributed by atoms with E-state index in [9.17, 15) is 4.79 Å². The molecule has 0 aliphatic carbocycles. The minimum atomic E-state index is -0.261. The Kier molecular flexibility index (Phi) is 4.42. The molecule has 8 heteroatoms. The second-order valence-corrected chi connectivity index (χ2v) is 6.05. The van der Waals surface area contributed by atoms with E-state index in [0.29, 0.717) is 48.4 Å². The molecule has 0 atom stereocenters. The molecule has 0 bridgehead atoms. The van der Waals surface area contributed by atoms with Crippen LogP contribution in [0.15, 0.2) is 27.2 Å². The minimum Gasteiger partial charge on any atom is -0.486 e. The molecule has 1 aliphatic rings. The number of aryl methyl sites for hydroxylation is 1. The van der Waals surface area contributed by atoms with Crippen LogP contribution in [0.2, 0.25) is 0 Å². The number of hydrogen-bond donors (Lipinski definition) is 1. The third kappa shape index (κ3) is 3.58. The molecule has 1 aromatic heterocycles. The quantitative estimate of drug-likeness (QED) is 0.883. The van der Waals surface area contributed by atoms with Gasteiger partial charge in [-0.2, -0.15) is 0 Å². The van der Waals surface area contributed by atoms with Crippen LogP contribution in [0.5, 0.6) is 11.5 Å². The first-order valence-corrected chi connectivity index (χ1v) is 7.85. The summed E-state index contributed by atoms with van der Waals surface area (Å²) in [7, 11) is 1.69. The fourth-order valence-electron chi connectivity index (χ4n) is 2.18. The van der Waals surface area contributed by atoms with Crippen molar-refractivity contribution in [3.8, 4) is 11.5 Å². The Morgan fingerprint density at radius 1 is 1.30 bits per heavy atom. The molecular formula is C15H16BrN3O4. The number of hydrogen-bond acceptors (Lipinski definition) is 5. The van der Waals surface area contributed by atoms with E-state index in [-0.39, 0.29) is 6.03 Å². The van der Waals surface area contributed by atoms with Gasteiger partial charge >= 0.3 is 6.03 Å². The molecule has 1 aromatic carbocycles. The first-order chi connectivity index (χ1) is 11.0. The lowest BCUT2D eigenvalue weighted by Crippen LogP contribution is -2.31. The van der Waals surface area contributed by atoms with Crippen LogP contribution < -0.4 is 14.8 Å². The number of carbonyl (C=O) groups is 1. The molecule has 0 fully saturated rings. The van der Waals surface area contributed by atoms with Crippen molar-refractivity contribution in [1.82, 2.24) is 10.1 Å². The van der Waals surface area contributed by atoms with Gasteiger partial charge in [-0.1, -0.05) is 5.16 Å². The SMILES string of the molecule is Cc1cc(CN(C)C(=O)Nc2cc3c(cc2Br)OCCO3)no1. The highest BCUT2D eigenvalue weighted by Crippen LogP contribution is 2.38. The maximum Gasteiger partial charge on any atom is 0.321 e. The predicted molar refractivity (Wildman–Crippen MR) is 86.9 cm³/mol. The van der Waals surface area contributed by atoms with E-state index in [4.69, 9.17) is 14.0 Å². The molecule has 0 spiro atoms. The molecule has 3 rings (SSSR count). The van der Waals surface area contributed by atoms with Crippen molar-refractivity contribution in [2.24, 2.45) is 0 Å². The number of carbonyl (C=O) groups excluding carboxylic acids is 1. The summed E-state index contributed by atoms with van der Waals surface area (Å²) in [5.74, 6) is 1.99. The van der Waals surface area contributed by atoms with Gasteiger partial charge in [0.1, 0.15) is 24.7 Å². The van der Waals surface area contributed by atoms with Crippen LogP contribution in [0.1, 0.15) is 11.5 Å². The zero-order chi connectivity index (χ0) is 16.4. The van der Waals surface area contributed by atoms with Gasteiger partial charge in [0.15, 0.2) is 11.5 Å². The van der Waals surface area contributed by atoms with E-state index in [2.05, 4.69) is 26.4 Å². The number of ether oxygens (including phenoxy) is 2. The highest BCUT2D eigenvalue weighted by molar-refractivity contribution is 9.10. The van der Waals surface area contributed by atoms with E-state index >= 15 is 0 Å². The number of amides is 2. The molecular weight excluding hydrogens is 366 g/mol. The average Bonchev–Trinajstić information content (AvgIpc) is 2.93. The van der Waals surface area contributed by atoms with Crippen LogP contribution in [0.4, 0.5) is 10.5 Å². The number of anilines is 1. The Hall–Kier alpha value is -2.22. The van der Waals surface area contributed by atoms with Gasteiger partial charge in [-0.15, -0.1) is 0 Å². The summed E-state index contributed by atoms with van der Waals surface area (Å²) in [6.45, 7) is 3.17. The van der Waals surface area contributed by atoms with E-state index < -0.39 is 0 Å². The summed E-state index contributed by atoms with van der Waals surface area (Å²) in [5, 5.41) is 6.71. The van der Waals surface area contributed by atoms with Crippen LogP contribution in [-0.4, -0.2) is 36.3 Å². The molecule has 1 N–H and O–H groups in total. The van der Waals surface area contributed by atoms with Gasteiger partial charge in [-0.25, -0.2) is 4.79 Å². The smallest absolute Gasteiger partial charge is 0.321 e. The number of fused-ring (bicyclic) bond motifs is 1. The van der Waals surface area contributed by atoms with Crippen LogP contribution in [0.25, 0.3) is 0 Å². The van der Waals surface area contributed by atoms with Gasteiger partial charge in [0.05, 0.1) is 12.2 Å². The number of halogens is 1. The number of benzene rings is 1. The molecule has 122 valence electrons. The molecule has 1 aliphatic heterocycles. The van der Waals surface area contributed by atoms with E-state index in [0.717, 1.165) is 4.47 Å². The third-order valence-corrected chi connectivity index (χ3v) is 3.95. The van der Waals surface area contributed by atoms with E-state index in [1.165, 1.54) is 4.90 Å². The minimum absolute atomic E-state index is 0.261. The van der Waals surface area contributed by atoms with E-state index in [1.54, 1.807) is 25.2 Å². The summed E-state index contributed by atoms with van der Waals surface area (Å²) in [6, 6.07) is 5.06. The lowest BCUT2D eigenvalue weighted by Gasteiger charge is -2.21. The molecule has 0 radical (unpaired) electrons. The van der Waals surface area contributed by atoms with Crippen LogP contribution >= 0.6 is 15.9 Å². The number of aromatic nitrogens is 1. The van der Waals surface area contributed by atoms with Gasteiger partial charge in [0, 0.05) is 29.7 Å². The molecule has 2 amide bonds. The lowest BCUT2D eigenvalue weighted by atomic mass is 10.2. The van der Waals surface area contributed by atoms with Gasteiger partial charge < -0.3 is 24.2 Å². The maximum absolute atomic E-state index is 12.3. The Morgan fingerprint density at radius 3 is 2.65 bits per heavy atom.